The third kappa shape index (κ3) is 3.17. The first-order valence-corrected chi connectivity index (χ1v) is 8.90. The summed E-state index contributed by atoms with van der Waals surface area (Å²) in [7, 11) is 0. The second kappa shape index (κ2) is 6.93. The van der Waals surface area contributed by atoms with Crippen molar-refractivity contribution in [1.29, 1.82) is 0 Å². The molecular weight excluding hydrogens is 256 g/mol. The van der Waals surface area contributed by atoms with Crippen molar-refractivity contribution in [1.82, 2.24) is 5.43 Å². The van der Waals surface area contributed by atoms with E-state index in [-0.39, 0.29) is 0 Å². The largest absolute Gasteiger partial charge is 0.271 e. The first-order valence-electron chi connectivity index (χ1n) is 8.90. The molecular formula is C19H30N2. The van der Waals surface area contributed by atoms with E-state index in [9.17, 15) is 0 Å². The number of unbranched alkanes of at least 4 members (excludes halogenated alkanes) is 4. The summed E-state index contributed by atoms with van der Waals surface area (Å²) in [6.07, 6.45) is 10.7. The van der Waals surface area contributed by atoms with Crippen molar-refractivity contribution in [2.75, 3.05) is 0 Å². The molecule has 1 saturated carbocycles. The molecule has 2 nitrogen and oxygen atoms in total. The van der Waals surface area contributed by atoms with E-state index in [1.54, 1.807) is 11.1 Å². The Morgan fingerprint density at radius 2 is 2.00 bits per heavy atom. The smallest absolute Gasteiger partial charge is 0.0247 e. The van der Waals surface area contributed by atoms with Gasteiger partial charge in [0.1, 0.15) is 0 Å². The fourth-order valence-corrected chi connectivity index (χ4v) is 4.52. The fraction of sp³-hybridized carbons (Fsp3) is 0.684. The van der Waals surface area contributed by atoms with Gasteiger partial charge in [-0.05, 0) is 48.1 Å². The lowest BCUT2D eigenvalue weighted by molar-refractivity contribution is 0.400. The molecule has 0 saturated heterocycles. The molecule has 4 atom stereocenters. The predicted octanol–water partition coefficient (Wildman–Crippen LogP) is 4.15. The maximum absolute atomic E-state index is 5.88. The van der Waals surface area contributed by atoms with Crippen molar-refractivity contribution in [2.45, 2.75) is 70.3 Å². The van der Waals surface area contributed by atoms with E-state index in [2.05, 4.69) is 36.6 Å². The molecule has 1 aromatic rings. The van der Waals surface area contributed by atoms with Gasteiger partial charge in [-0.1, -0.05) is 63.3 Å². The Bertz CT molecular complexity index is 457. The van der Waals surface area contributed by atoms with Gasteiger partial charge in [-0.3, -0.25) is 11.3 Å². The standard InChI is InChI=1S/C19H30N2/c1-2-3-4-5-6-11-17(21-20)19-16-13-12-14-9-7-8-10-15(14)18(16)19/h7-10,16-19,21H,2-6,11-13,20H2,1H3. The van der Waals surface area contributed by atoms with Crippen LogP contribution in [-0.4, -0.2) is 6.04 Å². The van der Waals surface area contributed by atoms with Crippen LogP contribution in [0.1, 0.15) is 68.9 Å². The van der Waals surface area contributed by atoms with Crippen molar-refractivity contribution >= 4 is 0 Å². The van der Waals surface area contributed by atoms with Crippen molar-refractivity contribution in [3.8, 4) is 0 Å². The van der Waals surface area contributed by atoms with E-state index in [4.69, 9.17) is 5.84 Å². The Kier molecular flexibility index (Phi) is 4.97. The second-order valence-electron chi connectivity index (χ2n) is 6.98. The second-order valence-corrected chi connectivity index (χ2v) is 6.98. The SMILES string of the molecule is CCCCCCCC(NN)C1C2CCc3ccccc3C21. The van der Waals surface area contributed by atoms with Gasteiger partial charge in [-0.25, -0.2) is 0 Å². The lowest BCUT2D eigenvalue weighted by Crippen LogP contribution is -2.37. The summed E-state index contributed by atoms with van der Waals surface area (Å²) in [5.74, 6) is 8.33. The van der Waals surface area contributed by atoms with Gasteiger partial charge in [-0.15, -0.1) is 0 Å². The van der Waals surface area contributed by atoms with Gasteiger partial charge in [0.25, 0.3) is 0 Å². The van der Waals surface area contributed by atoms with Crippen molar-refractivity contribution in [3.63, 3.8) is 0 Å². The Labute approximate surface area is 129 Å². The highest BCUT2D eigenvalue weighted by Crippen LogP contribution is 2.61. The number of aryl methyl sites for hydroxylation is 1. The Hall–Kier alpha value is -0.860. The topological polar surface area (TPSA) is 38.0 Å². The van der Waals surface area contributed by atoms with Crippen molar-refractivity contribution in [2.24, 2.45) is 17.7 Å². The number of fused-ring (bicyclic) bond motifs is 3. The molecule has 2 aliphatic rings. The molecule has 0 bridgehead atoms. The van der Waals surface area contributed by atoms with Crippen LogP contribution in [-0.2, 0) is 6.42 Å². The fourth-order valence-electron chi connectivity index (χ4n) is 4.52. The number of hydrogen-bond acceptors (Lipinski definition) is 2. The van der Waals surface area contributed by atoms with E-state index in [0.29, 0.717) is 6.04 Å². The van der Waals surface area contributed by atoms with Crippen molar-refractivity contribution < 1.29 is 0 Å². The molecule has 0 heterocycles. The van der Waals surface area contributed by atoms with Crippen LogP contribution in [0.3, 0.4) is 0 Å². The van der Waals surface area contributed by atoms with Crippen LogP contribution in [0.4, 0.5) is 0 Å². The maximum Gasteiger partial charge on any atom is 0.0247 e. The van der Waals surface area contributed by atoms with Gasteiger partial charge in [-0.2, -0.15) is 0 Å². The Balaban J connectivity index is 1.55. The molecule has 1 aromatic carbocycles. The molecule has 116 valence electrons. The van der Waals surface area contributed by atoms with Gasteiger partial charge in [0.2, 0.25) is 0 Å². The molecule has 1 fully saturated rings. The molecule has 0 amide bonds. The van der Waals surface area contributed by atoms with Crippen molar-refractivity contribution in [3.05, 3.63) is 35.4 Å². The summed E-state index contributed by atoms with van der Waals surface area (Å²) in [6, 6.07) is 9.57. The molecule has 0 spiro atoms. The summed E-state index contributed by atoms with van der Waals surface area (Å²) >= 11 is 0. The van der Waals surface area contributed by atoms with Crippen LogP contribution in [0.5, 0.6) is 0 Å². The number of hydrogen-bond donors (Lipinski definition) is 2. The quantitative estimate of drug-likeness (QED) is 0.428. The van der Waals surface area contributed by atoms with Crippen LogP contribution in [0.25, 0.3) is 0 Å². The molecule has 3 N–H and O–H groups in total. The van der Waals surface area contributed by atoms with Crippen LogP contribution >= 0.6 is 0 Å². The van der Waals surface area contributed by atoms with Crippen LogP contribution < -0.4 is 11.3 Å². The summed E-state index contributed by atoms with van der Waals surface area (Å²) in [6.45, 7) is 2.27. The highest BCUT2D eigenvalue weighted by atomic mass is 15.2. The summed E-state index contributed by atoms with van der Waals surface area (Å²) in [5, 5.41) is 0. The maximum atomic E-state index is 5.88. The third-order valence-corrected chi connectivity index (χ3v) is 5.69. The lowest BCUT2D eigenvalue weighted by atomic mass is 9.92. The minimum absolute atomic E-state index is 0.521. The van der Waals surface area contributed by atoms with E-state index < -0.39 is 0 Å². The number of hydrazine groups is 1. The number of nitrogens with two attached hydrogens (primary N) is 1. The summed E-state index contributed by atoms with van der Waals surface area (Å²) in [5.41, 5.74) is 6.34. The normalized spacial score (nSPS) is 27.8. The van der Waals surface area contributed by atoms with Crippen LogP contribution in [0, 0.1) is 11.8 Å². The Morgan fingerprint density at radius 3 is 2.81 bits per heavy atom. The first-order chi connectivity index (χ1) is 10.4. The molecule has 0 aromatic heterocycles. The zero-order valence-corrected chi connectivity index (χ0v) is 13.4. The van der Waals surface area contributed by atoms with Gasteiger partial charge in [0, 0.05) is 6.04 Å². The zero-order valence-electron chi connectivity index (χ0n) is 13.4. The van der Waals surface area contributed by atoms with Gasteiger partial charge in [0.05, 0.1) is 0 Å². The first kappa shape index (κ1) is 15.1. The predicted molar refractivity (Wildman–Crippen MR) is 89.0 cm³/mol. The monoisotopic (exact) mass is 286 g/mol. The number of rotatable bonds is 8. The molecule has 4 unspecified atom stereocenters. The summed E-state index contributed by atoms with van der Waals surface area (Å²) < 4.78 is 0. The molecule has 0 aliphatic heterocycles. The highest BCUT2D eigenvalue weighted by Gasteiger charge is 2.55. The Morgan fingerprint density at radius 1 is 1.19 bits per heavy atom. The minimum atomic E-state index is 0.521. The van der Waals surface area contributed by atoms with Gasteiger partial charge in [0.15, 0.2) is 0 Å². The van der Waals surface area contributed by atoms with E-state index in [1.165, 1.54) is 51.4 Å². The molecule has 3 rings (SSSR count). The van der Waals surface area contributed by atoms with Gasteiger partial charge < -0.3 is 0 Å². The molecule has 21 heavy (non-hydrogen) atoms. The third-order valence-electron chi connectivity index (χ3n) is 5.69. The highest BCUT2D eigenvalue weighted by molar-refractivity contribution is 5.40. The molecule has 2 aliphatic carbocycles. The van der Waals surface area contributed by atoms with E-state index in [0.717, 1.165) is 17.8 Å². The average molecular weight is 286 g/mol. The molecule has 2 heteroatoms. The minimum Gasteiger partial charge on any atom is -0.271 e. The average Bonchev–Trinajstić information content (AvgIpc) is 3.26. The molecule has 0 radical (unpaired) electrons. The summed E-state index contributed by atoms with van der Waals surface area (Å²) in [4.78, 5) is 0. The van der Waals surface area contributed by atoms with Crippen LogP contribution in [0.15, 0.2) is 24.3 Å². The van der Waals surface area contributed by atoms with E-state index in [1.807, 2.05) is 0 Å². The zero-order chi connectivity index (χ0) is 14.7. The number of nitrogens with one attached hydrogen (secondary N) is 1. The van der Waals surface area contributed by atoms with Gasteiger partial charge >= 0.3 is 0 Å². The van der Waals surface area contributed by atoms with Crippen LogP contribution in [0.2, 0.25) is 0 Å². The lowest BCUT2D eigenvalue weighted by Gasteiger charge is -2.16. The van der Waals surface area contributed by atoms with E-state index >= 15 is 0 Å². The number of benzene rings is 1.